The van der Waals surface area contributed by atoms with Crippen LogP contribution in [0.3, 0.4) is 0 Å². The van der Waals surface area contributed by atoms with Crippen LogP contribution in [0.5, 0.6) is 0 Å². The molecule has 7 heteroatoms. The standard InChI is InChI=1S/C14H15BrClNO3S/c1-17(10-12-4-7-14(15)20-12)21(18,19)13-5-2-11(3-6-13)8-9-16/h2-7H,8-10H2,1H3. The second kappa shape index (κ2) is 6.96. The van der Waals surface area contributed by atoms with Crippen LogP contribution >= 0.6 is 27.5 Å². The Hall–Kier alpha value is -0.820. The van der Waals surface area contributed by atoms with Crippen LogP contribution in [0.4, 0.5) is 0 Å². The van der Waals surface area contributed by atoms with Crippen molar-refractivity contribution in [3.63, 3.8) is 0 Å². The van der Waals surface area contributed by atoms with Crippen LogP contribution in [0.2, 0.25) is 0 Å². The highest BCUT2D eigenvalue weighted by Crippen LogP contribution is 2.20. The third kappa shape index (κ3) is 4.10. The molecular weight excluding hydrogens is 378 g/mol. The average Bonchev–Trinajstić information content (AvgIpc) is 2.85. The molecule has 1 aromatic heterocycles. The fourth-order valence-electron chi connectivity index (χ4n) is 1.86. The number of hydrogen-bond acceptors (Lipinski definition) is 3. The molecule has 0 aliphatic rings. The van der Waals surface area contributed by atoms with Gasteiger partial charge in [-0.05, 0) is 52.2 Å². The van der Waals surface area contributed by atoms with Gasteiger partial charge in [0.2, 0.25) is 10.0 Å². The lowest BCUT2D eigenvalue weighted by Crippen LogP contribution is -2.26. The smallest absolute Gasteiger partial charge is 0.243 e. The number of rotatable bonds is 6. The van der Waals surface area contributed by atoms with Crippen molar-refractivity contribution in [2.45, 2.75) is 17.9 Å². The molecule has 0 fully saturated rings. The van der Waals surface area contributed by atoms with Gasteiger partial charge in [-0.1, -0.05) is 12.1 Å². The second-order valence-electron chi connectivity index (χ2n) is 4.55. The lowest BCUT2D eigenvalue weighted by molar-refractivity contribution is 0.398. The molecule has 0 atom stereocenters. The summed E-state index contributed by atoms with van der Waals surface area (Å²) in [5, 5.41) is 0. The monoisotopic (exact) mass is 391 g/mol. The minimum Gasteiger partial charge on any atom is -0.453 e. The van der Waals surface area contributed by atoms with E-state index in [-0.39, 0.29) is 11.4 Å². The lowest BCUT2D eigenvalue weighted by Gasteiger charge is -2.16. The van der Waals surface area contributed by atoms with Crippen molar-refractivity contribution in [2.75, 3.05) is 12.9 Å². The van der Waals surface area contributed by atoms with E-state index in [1.807, 2.05) is 0 Å². The van der Waals surface area contributed by atoms with E-state index in [4.69, 9.17) is 16.0 Å². The fourth-order valence-corrected chi connectivity index (χ4v) is 3.55. The molecule has 2 aromatic rings. The summed E-state index contributed by atoms with van der Waals surface area (Å²) in [6.45, 7) is 0.178. The van der Waals surface area contributed by atoms with Gasteiger partial charge in [0.25, 0.3) is 0 Å². The summed E-state index contributed by atoms with van der Waals surface area (Å²) in [5.74, 6) is 1.09. The lowest BCUT2D eigenvalue weighted by atomic mass is 10.2. The first-order valence-corrected chi connectivity index (χ1v) is 9.05. The van der Waals surface area contributed by atoms with E-state index in [2.05, 4.69) is 15.9 Å². The molecule has 0 unspecified atom stereocenters. The molecule has 1 aromatic carbocycles. The first-order chi connectivity index (χ1) is 9.93. The van der Waals surface area contributed by atoms with E-state index >= 15 is 0 Å². The van der Waals surface area contributed by atoms with Crippen molar-refractivity contribution in [1.82, 2.24) is 4.31 Å². The highest BCUT2D eigenvalue weighted by atomic mass is 79.9. The van der Waals surface area contributed by atoms with Crippen LogP contribution in [-0.2, 0) is 23.0 Å². The first-order valence-electron chi connectivity index (χ1n) is 6.29. The topological polar surface area (TPSA) is 50.5 Å². The third-order valence-corrected chi connectivity index (χ3v) is 5.45. The maximum Gasteiger partial charge on any atom is 0.243 e. The average molecular weight is 393 g/mol. The molecule has 0 amide bonds. The van der Waals surface area contributed by atoms with Crippen LogP contribution in [0.15, 0.2) is 50.4 Å². The summed E-state index contributed by atoms with van der Waals surface area (Å²) in [6, 6.07) is 10.2. The minimum atomic E-state index is -3.53. The van der Waals surface area contributed by atoms with Gasteiger partial charge in [0, 0.05) is 12.9 Å². The third-order valence-electron chi connectivity index (χ3n) is 3.02. The number of nitrogens with zero attached hydrogens (tertiary/aromatic N) is 1. The van der Waals surface area contributed by atoms with E-state index < -0.39 is 10.0 Å². The Bertz CT molecular complexity index is 697. The summed E-state index contributed by atoms with van der Waals surface area (Å²) in [6.07, 6.45) is 0.720. The maximum absolute atomic E-state index is 12.5. The van der Waals surface area contributed by atoms with Gasteiger partial charge in [-0.25, -0.2) is 8.42 Å². The molecule has 0 bridgehead atoms. The van der Waals surface area contributed by atoms with Crippen LogP contribution in [0.25, 0.3) is 0 Å². The van der Waals surface area contributed by atoms with Crippen LogP contribution in [0, 0.1) is 0 Å². The van der Waals surface area contributed by atoms with Gasteiger partial charge in [0.15, 0.2) is 4.67 Å². The number of hydrogen-bond donors (Lipinski definition) is 0. The summed E-state index contributed by atoms with van der Waals surface area (Å²) < 4.78 is 32.1. The molecule has 0 aliphatic heterocycles. The normalized spacial score (nSPS) is 12.0. The van der Waals surface area contributed by atoms with Gasteiger partial charge < -0.3 is 4.42 Å². The quantitative estimate of drug-likeness (QED) is 0.705. The molecule has 2 rings (SSSR count). The molecule has 0 radical (unpaired) electrons. The summed E-state index contributed by atoms with van der Waals surface area (Å²) in [5.41, 5.74) is 1.02. The van der Waals surface area contributed by atoms with Crippen molar-refractivity contribution >= 4 is 37.6 Å². The van der Waals surface area contributed by atoms with Crippen molar-refractivity contribution in [2.24, 2.45) is 0 Å². The number of alkyl halides is 1. The Kier molecular flexibility index (Phi) is 5.48. The van der Waals surface area contributed by atoms with Crippen LogP contribution in [-0.4, -0.2) is 25.7 Å². The van der Waals surface area contributed by atoms with Crippen LogP contribution < -0.4 is 0 Å². The largest absolute Gasteiger partial charge is 0.453 e. The number of aryl methyl sites for hydroxylation is 1. The molecule has 4 nitrogen and oxygen atoms in total. The summed E-state index contributed by atoms with van der Waals surface area (Å²) in [7, 11) is -2.01. The molecule has 0 saturated heterocycles. The van der Waals surface area contributed by atoms with Gasteiger partial charge in [-0.15, -0.1) is 11.6 Å². The molecule has 21 heavy (non-hydrogen) atoms. The predicted octanol–water partition coefficient (Wildman–Crippen LogP) is 3.64. The van der Waals surface area contributed by atoms with Crippen molar-refractivity contribution in [1.29, 1.82) is 0 Å². The molecule has 0 N–H and O–H groups in total. The Morgan fingerprint density at radius 1 is 1.19 bits per heavy atom. The van der Waals surface area contributed by atoms with Gasteiger partial charge >= 0.3 is 0 Å². The minimum absolute atomic E-state index is 0.178. The maximum atomic E-state index is 12.5. The van der Waals surface area contributed by atoms with E-state index in [0.717, 1.165) is 12.0 Å². The molecule has 0 spiro atoms. The van der Waals surface area contributed by atoms with Gasteiger partial charge in [-0.2, -0.15) is 4.31 Å². The van der Waals surface area contributed by atoms with Crippen molar-refractivity contribution in [3.05, 3.63) is 52.4 Å². The zero-order valence-electron chi connectivity index (χ0n) is 11.4. The number of furan rings is 1. The number of benzene rings is 1. The molecular formula is C14H15BrClNO3S. The highest BCUT2D eigenvalue weighted by Gasteiger charge is 2.21. The van der Waals surface area contributed by atoms with Gasteiger partial charge in [0.1, 0.15) is 5.76 Å². The Morgan fingerprint density at radius 2 is 1.86 bits per heavy atom. The van der Waals surface area contributed by atoms with Crippen molar-refractivity contribution < 1.29 is 12.8 Å². The van der Waals surface area contributed by atoms with Gasteiger partial charge in [0.05, 0.1) is 11.4 Å². The fraction of sp³-hybridized carbons (Fsp3) is 0.286. The van der Waals surface area contributed by atoms with E-state index in [0.29, 0.717) is 16.3 Å². The number of sulfonamides is 1. The summed E-state index contributed by atoms with van der Waals surface area (Å²) >= 11 is 8.86. The Labute approximate surface area is 137 Å². The Morgan fingerprint density at radius 3 is 2.38 bits per heavy atom. The van der Waals surface area contributed by atoms with Crippen molar-refractivity contribution in [3.8, 4) is 0 Å². The SMILES string of the molecule is CN(Cc1ccc(Br)o1)S(=O)(=O)c1ccc(CCCl)cc1. The zero-order chi connectivity index (χ0) is 15.5. The molecule has 114 valence electrons. The van der Waals surface area contributed by atoms with Crippen LogP contribution in [0.1, 0.15) is 11.3 Å². The van der Waals surface area contributed by atoms with Gasteiger partial charge in [-0.3, -0.25) is 0 Å². The predicted molar refractivity (Wildman–Crippen MR) is 85.9 cm³/mol. The van der Waals surface area contributed by atoms with E-state index in [9.17, 15) is 8.42 Å². The molecule has 1 heterocycles. The number of halogens is 2. The van der Waals surface area contributed by atoms with E-state index in [1.165, 1.54) is 11.4 Å². The highest BCUT2D eigenvalue weighted by molar-refractivity contribution is 9.10. The first kappa shape index (κ1) is 16.5. The summed E-state index contributed by atoms with van der Waals surface area (Å²) in [4.78, 5) is 0.258. The van der Waals surface area contributed by atoms with E-state index in [1.54, 1.807) is 36.4 Å². The molecule has 0 saturated carbocycles. The molecule has 0 aliphatic carbocycles. The zero-order valence-corrected chi connectivity index (χ0v) is 14.6. The second-order valence-corrected chi connectivity index (χ2v) is 7.75. The Balaban J connectivity index is 2.16.